The Balaban J connectivity index is 1.99. The lowest BCUT2D eigenvalue weighted by Crippen LogP contribution is -2.54. The first-order chi connectivity index (χ1) is 5.74. The molecule has 0 radical (unpaired) electrons. The molecule has 0 aromatic rings. The van der Waals surface area contributed by atoms with Crippen molar-refractivity contribution in [3.8, 4) is 0 Å². The molecule has 3 atom stereocenters. The Kier molecular flexibility index (Phi) is 1.37. The smallest absolute Gasteiger partial charge is 0.170 e. The third kappa shape index (κ3) is 0.740. The van der Waals surface area contributed by atoms with E-state index in [0.717, 1.165) is 31.8 Å². The average Bonchev–Trinajstić information content (AvgIpc) is 2.55. The van der Waals surface area contributed by atoms with E-state index in [9.17, 15) is 0 Å². The minimum Gasteiger partial charge on any atom is -0.368 e. The van der Waals surface area contributed by atoms with Gasteiger partial charge >= 0.3 is 0 Å². The van der Waals surface area contributed by atoms with Crippen LogP contribution in [0.25, 0.3) is 0 Å². The van der Waals surface area contributed by atoms with Crippen LogP contribution in [-0.4, -0.2) is 23.9 Å². The summed E-state index contributed by atoms with van der Waals surface area (Å²) in [5.74, 6) is 0.751. The van der Waals surface area contributed by atoms with Gasteiger partial charge in [0.2, 0.25) is 0 Å². The minimum absolute atomic E-state index is 0.114. The van der Waals surface area contributed by atoms with Crippen molar-refractivity contribution >= 4 is 11.6 Å². The van der Waals surface area contributed by atoms with Crippen LogP contribution < -0.4 is 0 Å². The van der Waals surface area contributed by atoms with Crippen molar-refractivity contribution in [1.29, 1.82) is 0 Å². The van der Waals surface area contributed by atoms with Gasteiger partial charge in [-0.2, -0.15) is 0 Å². The molecule has 2 bridgehead atoms. The molecular formula is C9H13ClO2. The fourth-order valence-electron chi connectivity index (χ4n) is 3.05. The second-order valence-corrected chi connectivity index (χ2v) is 4.84. The highest BCUT2D eigenvalue weighted by molar-refractivity contribution is 6.24. The minimum atomic E-state index is -0.464. The second kappa shape index (κ2) is 2.17. The summed E-state index contributed by atoms with van der Waals surface area (Å²) in [5.41, 5.74) is -0.114. The molecule has 1 saturated heterocycles. The van der Waals surface area contributed by atoms with Crippen molar-refractivity contribution in [2.45, 2.75) is 36.3 Å². The Morgan fingerprint density at radius 3 is 2.75 bits per heavy atom. The molecule has 0 amide bonds. The van der Waals surface area contributed by atoms with Gasteiger partial charge in [-0.25, -0.2) is 0 Å². The second-order valence-electron chi connectivity index (χ2n) is 4.23. The topological polar surface area (TPSA) is 18.5 Å². The van der Waals surface area contributed by atoms with Gasteiger partial charge in [0.25, 0.3) is 0 Å². The number of halogens is 1. The Labute approximate surface area is 77.2 Å². The van der Waals surface area contributed by atoms with E-state index in [1.54, 1.807) is 0 Å². The van der Waals surface area contributed by atoms with Crippen molar-refractivity contribution in [3.05, 3.63) is 0 Å². The summed E-state index contributed by atoms with van der Waals surface area (Å²) < 4.78 is 11.5. The van der Waals surface area contributed by atoms with Crippen molar-refractivity contribution in [2.75, 3.05) is 13.2 Å². The lowest BCUT2D eigenvalue weighted by atomic mass is 9.92. The molecule has 1 aliphatic heterocycles. The number of hydrogen-bond acceptors (Lipinski definition) is 2. The normalized spacial score (nSPS) is 57.2. The third-order valence-corrected chi connectivity index (χ3v) is 4.21. The number of fused-ring (bicyclic) bond motifs is 1. The summed E-state index contributed by atoms with van der Waals surface area (Å²) in [4.78, 5) is 0. The van der Waals surface area contributed by atoms with Crippen LogP contribution in [-0.2, 0) is 9.47 Å². The standard InChI is InChI=1S/C9H13ClO2/c10-9-6-7-1-2-8(9,5-7)11-3-4-12-9/h7H,1-6H2. The van der Waals surface area contributed by atoms with Crippen LogP contribution in [0.4, 0.5) is 0 Å². The quantitative estimate of drug-likeness (QED) is 0.541. The lowest BCUT2D eigenvalue weighted by molar-refractivity contribution is -0.212. The number of alkyl halides is 1. The molecule has 68 valence electrons. The van der Waals surface area contributed by atoms with E-state index in [1.165, 1.54) is 6.42 Å². The summed E-state index contributed by atoms with van der Waals surface area (Å²) >= 11 is 6.41. The summed E-state index contributed by atoms with van der Waals surface area (Å²) in [6.07, 6.45) is 4.49. The first-order valence-electron chi connectivity index (χ1n) is 4.71. The maximum atomic E-state index is 6.41. The average molecular weight is 189 g/mol. The predicted octanol–water partition coefficient (Wildman–Crippen LogP) is 1.91. The summed E-state index contributed by atoms with van der Waals surface area (Å²) in [5, 5.41) is -0.464. The first-order valence-corrected chi connectivity index (χ1v) is 5.09. The van der Waals surface area contributed by atoms with Gasteiger partial charge in [-0.3, -0.25) is 0 Å². The van der Waals surface area contributed by atoms with E-state index in [-0.39, 0.29) is 5.60 Å². The first kappa shape index (κ1) is 7.60. The highest BCUT2D eigenvalue weighted by Gasteiger charge is 2.64. The molecule has 3 unspecified atom stereocenters. The molecule has 3 fully saturated rings. The van der Waals surface area contributed by atoms with Crippen molar-refractivity contribution in [1.82, 2.24) is 0 Å². The van der Waals surface area contributed by atoms with Crippen molar-refractivity contribution < 1.29 is 9.47 Å². The molecule has 3 aliphatic rings. The summed E-state index contributed by atoms with van der Waals surface area (Å²) in [7, 11) is 0. The molecule has 12 heavy (non-hydrogen) atoms. The summed E-state index contributed by atoms with van der Waals surface area (Å²) in [6, 6.07) is 0. The van der Waals surface area contributed by atoms with Gasteiger partial charge in [-0.15, -0.1) is 0 Å². The Bertz CT molecular complexity index is 219. The van der Waals surface area contributed by atoms with Crippen LogP contribution in [0.1, 0.15) is 25.7 Å². The van der Waals surface area contributed by atoms with Gasteiger partial charge in [0, 0.05) is 0 Å². The molecule has 3 heteroatoms. The van der Waals surface area contributed by atoms with E-state index >= 15 is 0 Å². The van der Waals surface area contributed by atoms with Gasteiger partial charge < -0.3 is 9.47 Å². The van der Waals surface area contributed by atoms with Crippen LogP contribution >= 0.6 is 11.6 Å². The zero-order chi connectivity index (χ0) is 8.23. The van der Waals surface area contributed by atoms with E-state index in [1.807, 2.05) is 0 Å². The maximum absolute atomic E-state index is 6.41. The summed E-state index contributed by atoms with van der Waals surface area (Å²) in [6.45, 7) is 1.39. The highest BCUT2D eigenvalue weighted by Crippen LogP contribution is 2.60. The van der Waals surface area contributed by atoms with E-state index in [4.69, 9.17) is 21.1 Å². The maximum Gasteiger partial charge on any atom is 0.170 e. The van der Waals surface area contributed by atoms with Gasteiger partial charge in [0.05, 0.1) is 13.2 Å². The zero-order valence-electron chi connectivity index (χ0n) is 7.01. The van der Waals surface area contributed by atoms with E-state index < -0.39 is 5.06 Å². The molecule has 0 aromatic carbocycles. The predicted molar refractivity (Wildman–Crippen MR) is 45.2 cm³/mol. The molecule has 1 heterocycles. The molecule has 0 aromatic heterocycles. The number of hydrogen-bond donors (Lipinski definition) is 0. The fourth-order valence-corrected chi connectivity index (χ4v) is 3.57. The molecule has 2 aliphatic carbocycles. The van der Waals surface area contributed by atoms with Crippen LogP contribution in [0.5, 0.6) is 0 Å². The Hall–Kier alpha value is 0.210. The largest absolute Gasteiger partial charge is 0.368 e. The molecule has 2 saturated carbocycles. The molecule has 0 N–H and O–H groups in total. The monoisotopic (exact) mass is 188 g/mol. The van der Waals surface area contributed by atoms with E-state index in [2.05, 4.69) is 0 Å². The number of ether oxygens (including phenoxy) is 2. The third-order valence-electron chi connectivity index (χ3n) is 3.60. The van der Waals surface area contributed by atoms with Gasteiger partial charge in [-0.05, 0) is 31.6 Å². The van der Waals surface area contributed by atoms with Gasteiger partial charge in [0.1, 0.15) is 5.60 Å². The lowest BCUT2D eigenvalue weighted by Gasteiger charge is -2.45. The van der Waals surface area contributed by atoms with Crippen LogP contribution in [0.3, 0.4) is 0 Å². The van der Waals surface area contributed by atoms with Crippen molar-refractivity contribution in [2.24, 2.45) is 5.92 Å². The van der Waals surface area contributed by atoms with Crippen LogP contribution in [0, 0.1) is 5.92 Å². The molecular weight excluding hydrogens is 176 g/mol. The Morgan fingerprint density at radius 1 is 1.17 bits per heavy atom. The van der Waals surface area contributed by atoms with Crippen LogP contribution in [0.2, 0.25) is 0 Å². The molecule has 1 spiro atoms. The Morgan fingerprint density at radius 2 is 2.00 bits per heavy atom. The van der Waals surface area contributed by atoms with E-state index in [0.29, 0.717) is 6.61 Å². The highest BCUT2D eigenvalue weighted by atomic mass is 35.5. The van der Waals surface area contributed by atoms with Crippen molar-refractivity contribution in [3.63, 3.8) is 0 Å². The van der Waals surface area contributed by atoms with Gasteiger partial charge in [0.15, 0.2) is 5.06 Å². The van der Waals surface area contributed by atoms with Crippen LogP contribution in [0.15, 0.2) is 0 Å². The van der Waals surface area contributed by atoms with Gasteiger partial charge in [-0.1, -0.05) is 11.6 Å². The SMILES string of the molecule is ClC12CC3CCC1(C3)OCCO2. The number of rotatable bonds is 0. The molecule has 2 nitrogen and oxygen atoms in total. The fraction of sp³-hybridized carbons (Fsp3) is 1.00. The molecule has 3 rings (SSSR count). The zero-order valence-corrected chi connectivity index (χ0v) is 7.77.